The van der Waals surface area contributed by atoms with Gasteiger partial charge in [-0.2, -0.15) is 5.10 Å². The Morgan fingerprint density at radius 1 is 1.69 bits per heavy atom. The molecule has 2 rings (SSSR count). The van der Waals surface area contributed by atoms with Crippen LogP contribution in [0.3, 0.4) is 0 Å². The predicted molar refractivity (Wildman–Crippen MR) is 61.9 cm³/mol. The Morgan fingerprint density at radius 3 is 3.25 bits per heavy atom. The smallest absolute Gasteiger partial charge is 0.250 e. The summed E-state index contributed by atoms with van der Waals surface area (Å²) in [4.78, 5) is 11.8. The molecular weight excluding hydrogens is 204 g/mol. The van der Waals surface area contributed by atoms with E-state index in [2.05, 4.69) is 15.7 Å². The van der Waals surface area contributed by atoms with E-state index < -0.39 is 0 Å². The van der Waals surface area contributed by atoms with E-state index in [9.17, 15) is 4.79 Å². The van der Waals surface area contributed by atoms with Gasteiger partial charge in [-0.1, -0.05) is 6.92 Å². The lowest BCUT2D eigenvalue weighted by Gasteiger charge is -2.20. The maximum absolute atomic E-state index is 11.8. The molecule has 5 heteroatoms. The van der Waals surface area contributed by atoms with Gasteiger partial charge in [0.15, 0.2) is 0 Å². The first-order chi connectivity index (χ1) is 7.72. The summed E-state index contributed by atoms with van der Waals surface area (Å²) in [6.07, 6.45) is 2.67. The van der Waals surface area contributed by atoms with Crippen molar-refractivity contribution >= 4 is 11.7 Å². The zero-order chi connectivity index (χ0) is 11.5. The SMILES string of the molecule is CCCNC(=O)C1=C(C)Nc2ccnn2C1. The Bertz CT molecular complexity index is 433. The molecule has 1 aliphatic heterocycles. The monoisotopic (exact) mass is 220 g/mol. The maximum Gasteiger partial charge on any atom is 0.250 e. The van der Waals surface area contributed by atoms with Crippen LogP contribution in [0.5, 0.6) is 0 Å². The molecule has 86 valence electrons. The number of nitrogens with zero attached hydrogens (tertiary/aromatic N) is 2. The molecule has 0 saturated heterocycles. The molecule has 1 aromatic heterocycles. The van der Waals surface area contributed by atoms with Crippen molar-refractivity contribution in [1.29, 1.82) is 0 Å². The Labute approximate surface area is 94.5 Å². The largest absolute Gasteiger partial charge is 0.352 e. The molecule has 0 saturated carbocycles. The van der Waals surface area contributed by atoms with E-state index in [0.29, 0.717) is 13.1 Å². The number of aromatic nitrogens is 2. The zero-order valence-corrected chi connectivity index (χ0v) is 9.58. The van der Waals surface area contributed by atoms with Crippen molar-refractivity contribution in [2.24, 2.45) is 0 Å². The van der Waals surface area contributed by atoms with Gasteiger partial charge in [0.2, 0.25) is 0 Å². The van der Waals surface area contributed by atoms with Crippen molar-refractivity contribution < 1.29 is 4.79 Å². The van der Waals surface area contributed by atoms with Crippen molar-refractivity contribution in [2.45, 2.75) is 26.8 Å². The molecule has 0 atom stereocenters. The van der Waals surface area contributed by atoms with Crippen molar-refractivity contribution in [3.8, 4) is 0 Å². The van der Waals surface area contributed by atoms with Crippen LogP contribution in [0.2, 0.25) is 0 Å². The van der Waals surface area contributed by atoms with Crippen LogP contribution in [0.15, 0.2) is 23.5 Å². The molecule has 0 fully saturated rings. The Kier molecular flexibility index (Phi) is 2.94. The van der Waals surface area contributed by atoms with Gasteiger partial charge in [-0.25, -0.2) is 4.68 Å². The third kappa shape index (κ3) is 1.93. The number of allylic oxidation sites excluding steroid dienone is 1. The van der Waals surface area contributed by atoms with Gasteiger partial charge in [-0.05, 0) is 13.3 Å². The van der Waals surface area contributed by atoms with Crippen molar-refractivity contribution in [2.75, 3.05) is 11.9 Å². The van der Waals surface area contributed by atoms with Crippen molar-refractivity contribution in [3.05, 3.63) is 23.5 Å². The van der Waals surface area contributed by atoms with Gasteiger partial charge in [0.05, 0.1) is 18.3 Å². The fourth-order valence-electron chi connectivity index (χ4n) is 1.69. The second-order valence-corrected chi connectivity index (χ2v) is 3.86. The first-order valence-corrected chi connectivity index (χ1v) is 5.49. The number of hydrogen-bond acceptors (Lipinski definition) is 3. The van der Waals surface area contributed by atoms with E-state index in [-0.39, 0.29) is 5.91 Å². The first kappa shape index (κ1) is 10.7. The molecule has 1 aliphatic rings. The number of carbonyl (C=O) groups is 1. The second kappa shape index (κ2) is 4.38. The summed E-state index contributed by atoms with van der Waals surface area (Å²) in [5, 5.41) is 10.2. The van der Waals surface area contributed by atoms with Gasteiger partial charge in [0.25, 0.3) is 5.91 Å². The second-order valence-electron chi connectivity index (χ2n) is 3.86. The minimum absolute atomic E-state index is 0.00648. The molecule has 2 N–H and O–H groups in total. The minimum atomic E-state index is -0.00648. The van der Waals surface area contributed by atoms with E-state index >= 15 is 0 Å². The number of amides is 1. The summed E-state index contributed by atoms with van der Waals surface area (Å²) in [5.41, 5.74) is 1.66. The van der Waals surface area contributed by atoms with Crippen LogP contribution in [-0.4, -0.2) is 22.2 Å². The minimum Gasteiger partial charge on any atom is -0.352 e. The third-order valence-corrected chi connectivity index (χ3v) is 2.60. The van der Waals surface area contributed by atoms with Crippen LogP contribution < -0.4 is 10.6 Å². The van der Waals surface area contributed by atoms with Crippen LogP contribution >= 0.6 is 0 Å². The quantitative estimate of drug-likeness (QED) is 0.802. The van der Waals surface area contributed by atoms with Gasteiger partial charge in [-0.3, -0.25) is 4.79 Å². The highest BCUT2D eigenvalue weighted by Crippen LogP contribution is 2.20. The lowest BCUT2D eigenvalue weighted by Crippen LogP contribution is -2.31. The molecule has 1 aromatic rings. The molecule has 1 amide bonds. The standard InChI is InChI=1S/C11H16N4O/c1-3-5-12-11(16)9-7-15-10(4-6-13-15)14-8(9)2/h4,6,14H,3,5,7H2,1-2H3,(H,12,16). The molecule has 5 nitrogen and oxygen atoms in total. The number of nitrogens with one attached hydrogen (secondary N) is 2. The van der Waals surface area contributed by atoms with Crippen LogP contribution in [0, 0.1) is 0 Å². The molecule has 0 radical (unpaired) electrons. The summed E-state index contributed by atoms with van der Waals surface area (Å²) in [5.74, 6) is 0.928. The normalized spacial score (nSPS) is 14.4. The van der Waals surface area contributed by atoms with E-state index in [4.69, 9.17) is 0 Å². The molecule has 0 bridgehead atoms. The fourth-order valence-corrected chi connectivity index (χ4v) is 1.69. The number of hydrogen-bond donors (Lipinski definition) is 2. The maximum atomic E-state index is 11.8. The summed E-state index contributed by atoms with van der Waals surface area (Å²) in [6, 6.07) is 1.89. The summed E-state index contributed by atoms with van der Waals surface area (Å²) < 4.78 is 1.79. The molecule has 0 aliphatic carbocycles. The third-order valence-electron chi connectivity index (χ3n) is 2.60. The summed E-state index contributed by atoms with van der Waals surface area (Å²) in [7, 11) is 0. The van der Waals surface area contributed by atoms with Gasteiger partial charge < -0.3 is 10.6 Å². The molecule has 2 heterocycles. The molecule has 16 heavy (non-hydrogen) atoms. The molecule has 0 unspecified atom stereocenters. The van der Waals surface area contributed by atoms with Gasteiger partial charge in [-0.15, -0.1) is 0 Å². The van der Waals surface area contributed by atoms with Crippen LogP contribution in [0.25, 0.3) is 0 Å². The average molecular weight is 220 g/mol. The summed E-state index contributed by atoms with van der Waals surface area (Å²) in [6.45, 7) is 5.20. The van der Waals surface area contributed by atoms with E-state index in [0.717, 1.165) is 23.5 Å². The number of carbonyl (C=O) groups excluding carboxylic acids is 1. The number of rotatable bonds is 3. The van der Waals surface area contributed by atoms with Crippen LogP contribution in [0.4, 0.5) is 5.82 Å². The van der Waals surface area contributed by atoms with E-state index in [1.54, 1.807) is 10.9 Å². The number of fused-ring (bicyclic) bond motifs is 1. The Morgan fingerprint density at radius 2 is 2.50 bits per heavy atom. The Hall–Kier alpha value is -1.78. The van der Waals surface area contributed by atoms with Crippen LogP contribution in [-0.2, 0) is 11.3 Å². The van der Waals surface area contributed by atoms with Gasteiger partial charge >= 0.3 is 0 Å². The molecule has 0 spiro atoms. The molecule has 0 aromatic carbocycles. The summed E-state index contributed by atoms with van der Waals surface area (Å²) >= 11 is 0. The number of anilines is 1. The lowest BCUT2D eigenvalue weighted by molar-refractivity contribution is -0.117. The van der Waals surface area contributed by atoms with Gasteiger partial charge in [0, 0.05) is 18.3 Å². The van der Waals surface area contributed by atoms with E-state index in [1.807, 2.05) is 19.9 Å². The molecular formula is C11H16N4O. The highest BCUT2D eigenvalue weighted by atomic mass is 16.1. The van der Waals surface area contributed by atoms with Crippen molar-refractivity contribution in [3.63, 3.8) is 0 Å². The predicted octanol–water partition coefficient (Wildman–Crippen LogP) is 1.11. The Balaban J connectivity index is 2.13. The van der Waals surface area contributed by atoms with Crippen molar-refractivity contribution in [1.82, 2.24) is 15.1 Å². The fraction of sp³-hybridized carbons (Fsp3) is 0.455. The highest BCUT2D eigenvalue weighted by Gasteiger charge is 2.19. The van der Waals surface area contributed by atoms with Gasteiger partial charge in [0.1, 0.15) is 5.82 Å². The first-order valence-electron chi connectivity index (χ1n) is 5.49. The lowest BCUT2D eigenvalue weighted by atomic mass is 10.1. The zero-order valence-electron chi connectivity index (χ0n) is 9.58. The van der Waals surface area contributed by atoms with E-state index in [1.165, 1.54) is 0 Å². The van der Waals surface area contributed by atoms with Crippen LogP contribution in [0.1, 0.15) is 20.3 Å². The highest BCUT2D eigenvalue weighted by molar-refractivity contribution is 5.95. The topological polar surface area (TPSA) is 59.0 Å². The average Bonchev–Trinajstić information content (AvgIpc) is 2.71.